The summed E-state index contributed by atoms with van der Waals surface area (Å²) < 4.78 is 17.1. The van der Waals surface area contributed by atoms with Gasteiger partial charge in [0.2, 0.25) is 0 Å². The van der Waals surface area contributed by atoms with E-state index in [9.17, 15) is 9.59 Å². The van der Waals surface area contributed by atoms with Gasteiger partial charge in [-0.1, -0.05) is 67.9 Å². The molecule has 0 aliphatic carbocycles. The van der Waals surface area contributed by atoms with Crippen molar-refractivity contribution in [2.24, 2.45) is 0 Å². The minimum atomic E-state index is -0.924. The van der Waals surface area contributed by atoms with Gasteiger partial charge in [-0.3, -0.25) is 0 Å². The van der Waals surface area contributed by atoms with Gasteiger partial charge in [-0.25, -0.2) is 9.59 Å². The van der Waals surface area contributed by atoms with Crippen LogP contribution in [0.2, 0.25) is 0 Å². The van der Waals surface area contributed by atoms with Crippen molar-refractivity contribution in [3.63, 3.8) is 0 Å². The molecule has 3 rings (SSSR count). The number of benzene rings is 3. The summed E-state index contributed by atoms with van der Waals surface area (Å²) in [6.07, 6.45) is 2.29. The standard InChI is InChI=1S/C29H35NO5/c1-6-7-15-21-19-25(33-5)22-16-11-12-17-23(22)26(21)34-27(31)24(18-20-13-9-8-10-14-20)30-28(32)35-29(2,3)4/h8-14,16-17,19,24H,6-7,15,18H2,1-5H3,(H,30,32)/t24-/m0/s1. The van der Waals surface area contributed by atoms with Crippen LogP contribution in [0.1, 0.15) is 51.7 Å². The molecule has 0 fully saturated rings. The smallest absolute Gasteiger partial charge is 0.408 e. The number of carbonyl (C=O) groups excluding carboxylic acids is 2. The molecular formula is C29H35NO5. The summed E-state index contributed by atoms with van der Waals surface area (Å²) in [6.45, 7) is 7.45. The van der Waals surface area contributed by atoms with Gasteiger partial charge in [-0.05, 0) is 50.8 Å². The zero-order valence-corrected chi connectivity index (χ0v) is 21.2. The van der Waals surface area contributed by atoms with E-state index in [0.717, 1.165) is 46.9 Å². The number of hydrogen-bond acceptors (Lipinski definition) is 5. The summed E-state index contributed by atoms with van der Waals surface area (Å²) in [7, 11) is 1.64. The van der Waals surface area contributed by atoms with E-state index in [1.165, 1.54) is 0 Å². The van der Waals surface area contributed by atoms with Crippen LogP contribution in [0, 0.1) is 0 Å². The van der Waals surface area contributed by atoms with E-state index < -0.39 is 23.7 Å². The van der Waals surface area contributed by atoms with Crippen LogP contribution in [0.5, 0.6) is 11.5 Å². The average Bonchev–Trinajstić information content (AvgIpc) is 2.82. The minimum Gasteiger partial charge on any atom is -0.496 e. The Morgan fingerprint density at radius 1 is 0.971 bits per heavy atom. The van der Waals surface area contributed by atoms with Gasteiger partial charge in [0.1, 0.15) is 23.1 Å². The van der Waals surface area contributed by atoms with Crippen molar-refractivity contribution in [2.45, 2.75) is 65.0 Å². The van der Waals surface area contributed by atoms with E-state index in [1.54, 1.807) is 27.9 Å². The summed E-state index contributed by atoms with van der Waals surface area (Å²) in [5, 5.41) is 4.37. The lowest BCUT2D eigenvalue weighted by molar-refractivity contribution is -0.136. The van der Waals surface area contributed by atoms with Gasteiger partial charge < -0.3 is 19.5 Å². The first-order chi connectivity index (χ1) is 16.7. The molecule has 3 aromatic rings. The number of fused-ring (bicyclic) bond motifs is 1. The molecule has 3 aromatic carbocycles. The molecule has 0 saturated heterocycles. The number of alkyl carbamates (subject to hydrolysis) is 1. The molecule has 0 saturated carbocycles. The Morgan fingerprint density at radius 3 is 2.26 bits per heavy atom. The molecule has 1 N–H and O–H groups in total. The fourth-order valence-corrected chi connectivity index (χ4v) is 3.88. The number of aryl methyl sites for hydroxylation is 1. The number of ether oxygens (including phenoxy) is 3. The van der Waals surface area contributed by atoms with E-state index >= 15 is 0 Å². The van der Waals surface area contributed by atoms with Gasteiger partial charge in [-0.15, -0.1) is 0 Å². The molecule has 0 aliphatic rings. The Bertz CT molecular complexity index is 1150. The van der Waals surface area contributed by atoms with Crippen LogP contribution in [0.3, 0.4) is 0 Å². The molecular weight excluding hydrogens is 442 g/mol. The lowest BCUT2D eigenvalue weighted by Crippen LogP contribution is -2.46. The summed E-state index contributed by atoms with van der Waals surface area (Å²) in [5.41, 5.74) is 1.10. The largest absolute Gasteiger partial charge is 0.496 e. The summed E-state index contributed by atoms with van der Waals surface area (Å²) in [4.78, 5) is 26.1. The van der Waals surface area contributed by atoms with Crippen molar-refractivity contribution in [3.05, 3.63) is 71.8 Å². The van der Waals surface area contributed by atoms with Crippen molar-refractivity contribution in [3.8, 4) is 11.5 Å². The van der Waals surface area contributed by atoms with E-state index in [-0.39, 0.29) is 6.42 Å². The lowest BCUT2D eigenvalue weighted by atomic mass is 10.00. The summed E-state index contributed by atoms with van der Waals surface area (Å²) in [6, 6.07) is 18.2. The fourth-order valence-electron chi connectivity index (χ4n) is 3.88. The second kappa shape index (κ2) is 11.7. The maximum absolute atomic E-state index is 13.5. The first-order valence-corrected chi connectivity index (χ1v) is 12.1. The Balaban J connectivity index is 1.97. The molecule has 1 amide bonds. The number of unbranched alkanes of at least 4 members (excludes halogenated alkanes) is 1. The fraction of sp³-hybridized carbons (Fsp3) is 0.379. The molecule has 6 nitrogen and oxygen atoms in total. The Morgan fingerprint density at radius 2 is 1.63 bits per heavy atom. The van der Waals surface area contributed by atoms with Crippen LogP contribution < -0.4 is 14.8 Å². The Kier molecular flexibility index (Phi) is 8.74. The van der Waals surface area contributed by atoms with Crippen molar-refractivity contribution in [1.82, 2.24) is 5.32 Å². The molecule has 1 atom stereocenters. The maximum Gasteiger partial charge on any atom is 0.408 e. The number of amides is 1. The molecule has 0 spiro atoms. The third kappa shape index (κ3) is 7.22. The van der Waals surface area contributed by atoms with Gasteiger partial charge in [-0.2, -0.15) is 0 Å². The lowest BCUT2D eigenvalue weighted by Gasteiger charge is -2.24. The zero-order valence-electron chi connectivity index (χ0n) is 21.2. The summed E-state index contributed by atoms with van der Waals surface area (Å²) in [5.74, 6) is 0.691. The molecule has 0 radical (unpaired) electrons. The van der Waals surface area contributed by atoms with Crippen LogP contribution in [0.4, 0.5) is 4.79 Å². The quantitative estimate of drug-likeness (QED) is 0.292. The highest BCUT2D eigenvalue weighted by atomic mass is 16.6. The molecule has 6 heteroatoms. The number of esters is 1. The van der Waals surface area contributed by atoms with Crippen LogP contribution in [-0.2, 0) is 22.4 Å². The zero-order chi connectivity index (χ0) is 25.4. The number of carbonyl (C=O) groups is 2. The van der Waals surface area contributed by atoms with E-state index in [1.807, 2.05) is 60.7 Å². The number of rotatable bonds is 9. The molecule has 35 heavy (non-hydrogen) atoms. The number of hydrogen-bond donors (Lipinski definition) is 1. The van der Waals surface area contributed by atoms with Gasteiger partial charge in [0.25, 0.3) is 0 Å². The monoisotopic (exact) mass is 477 g/mol. The second-order valence-electron chi connectivity index (χ2n) is 9.53. The van der Waals surface area contributed by atoms with Crippen molar-refractivity contribution >= 4 is 22.8 Å². The van der Waals surface area contributed by atoms with E-state index in [2.05, 4.69) is 12.2 Å². The van der Waals surface area contributed by atoms with Gasteiger partial charge in [0.15, 0.2) is 0 Å². The average molecular weight is 478 g/mol. The van der Waals surface area contributed by atoms with Crippen molar-refractivity contribution < 1.29 is 23.8 Å². The van der Waals surface area contributed by atoms with Gasteiger partial charge >= 0.3 is 12.1 Å². The molecule has 0 aliphatic heterocycles. The van der Waals surface area contributed by atoms with Crippen LogP contribution >= 0.6 is 0 Å². The first-order valence-electron chi connectivity index (χ1n) is 12.1. The normalized spacial score (nSPS) is 12.1. The van der Waals surface area contributed by atoms with Crippen molar-refractivity contribution in [1.29, 1.82) is 0 Å². The third-order valence-corrected chi connectivity index (χ3v) is 5.51. The summed E-state index contributed by atoms with van der Waals surface area (Å²) >= 11 is 0. The molecule has 0 bridgehead atoms. The van der Waals surface area contributed by atoms with Crippen LogP contribution in [0.25, 0.3) is 10.8 Å². The highest BCUT2D eigenvalue weighted by molar-refractivity contribution is 5.96. The Labute approximate surface area is 207 Å². The number of methoxy groups -OCH3 is 1. The van der Waals surface area contributed by atoms with Crippen LogP contribution in [0.15, 0.2) is 60.7 Å². The van der Waals surface area contributed by atoms with E-state index in [4.69, 9.17) is 14.2 Å². The SMILES string of the molecule is CCCCc1cc(OC)c2ccccc2c1OC(=O)[C@H](Cc1ccccc1)NC(=O)OC(C)(C)C. The highest BCUT2D eigenvalue weighted by Gasteiger charge is 2.28. The molecule has 186 valence electrons. The second-order valence-corrected chi connectivity index (χ2v) is 9.53. The maximum atomic E-state index is 13.5. The van der Waals surface area contributed by atoms with Gasteiger partial charge in [0.05, 0.1) is 7.11 Å². The molecule has 0 unspecified atom stereocenters. The minimum absolute atomic E-state index is 0.275. The highest BCUT2D eigenvalue weighted by Crippen LogP contribution is 2.37. The predicted molar refractivity (Wildman–Crippen MR) is 138 cm³/mol. The number of nitrogens with one attached hydrogen (secondary N) is 1. The molecule has 0 heterocycles. The first kappa shape index (κ1) is 26.1. The predicted octanol–water partition coefficient (Wildman–Crippen LogP) is 6.23. The topological polar surface area (TPSA) is 73.9 Å². The van der Waals surface area contributed by atoms with Crippen LogP contribution in [-0.4, -0.2) is 30.8 Å². The third-order valence-electron chi connectivity index (χ3n) is 5.51. The van der Waals surface area contributed by atoms with E-state index in [0.29, 0.717) is 5.75 Å². The van der Waals surface area contributed by atoms with Gasteiger partial charge in [0, 0.05) is 17.2 Å². The molecule has 0 aromatic heterocycles. The Hall–Kier alpha value is -3.54. The van der Waals surface area contributed by atoms with Crippen molar-refractivity contribution in [2.75, 3.05) is 7.11 Å².